The van der Waals surface area contributed by atoms with Crippen molar-refractivity contribution in [2.75, 3.05) is 25.9 Å². The summed E-state index contributed by atoms with van der Waals surface area (Å²) in [5.74, 6) is 1.20. The van der Waals surface area contributed by atoms with E-state index in [9.17, 15) is 4.57 Å². The Balaban J connectivity index is 3.00. The number of rotatable bonds is 6. The third kappa shape index (κ3) is 3.93. The van der Waals surface area contributed by atoms with Gasteiger partial charge in [-0.05, 0) is 11.8 Å². The van der Waals surface area contributed by atoms with E-state index in [0.29, 0.717) is 5.88 Å². The second kappa shape index (κ2) is 6.89. The number of alkyl halides is 1. The highest BCUT2D eigenvalue weighted by Gasteiger charge is 2.50. The molecular formula is C13H27ClNO3PS. The Morgan fingerprint density at radius 3 is 2.40 bits per heavy atom. The minimum atomic E-state index is -3.16. The van der Waals surface area contributed by atoms with Crippen LogP contribution in [0.2, 0.25) is 0 Å². The van der Waals surface area contributed by atoms with Crippen LogP contribution in [0.3, 0.4) is 0 Å². The molecule has 0 radical (unpaired) electrons. The third-order valence-corrected chi connectivity index (χ3v) is 8.65. The van der Waals surface area contributed by atoms with Crippen LogP contribution in [0, 0.1) is 10.8 Å². The molecule has 0 aromatic heterocycles. The Morgan fingerprint density at radius 2 is 1.95 bits per heavy atom. The van der Waals surface area contributed by atoms with Crippen LogP contribution >= 0.6 is 31.0 Å². The van der Waals surface area contributed by atoms with Gasteiger partial charge in [0.1, 0.15) is 5.78 Å². The Labute approximate surface area is 132 Å². The SMILES string of the molecule is COP(=O)(OC)[C@@H]1N[C@H](C(C)(C)CCCl)SCC1(C)C. The van der Waals surface area contributed by atoms with Crippen LogP contribution in [-0.4, -0.2) is 37.0 Å². The lowest BCUT2D eigenvalue weighted by atomic mass is 9.88. The molecule has 20 heavy (non-hydrogen) atoms. The van der Waals surface area contributed by atoms with E-state index < -0.39 is 7.60 Å². The van der Waals surface area contributed by atoms with Crippen LogP contribution < -0.4 is 5.32 Å². The van der Waals surface area contributed by atoms with Gasteiger partial charge in [-0.1, -0.05) is 27.7 Å². The van der Waals surface area contributed by atoms with Crippen molar-refractivity contribution >= 4 is 31.0 Å². The summed E-state index contributed by atoms with van der Waals surface area (Å²) in [6, 6.07) is 0. The quantitative estimate of drug-likeness (QED) is 0.580. The van der Waals surface area contributed by atoms with Gasteiger partial charge in [0.15, 0.2) is 0 Å². The number of thioether (sulfide) groups is 1. The van der Waals surface area contributed by atoms with Crippen molar-refractivity contribution in [3.63, 3.8) is 0 Å². The fourth-order valence-corrected chi connectivity index (χ4v) is 6.55. The molecule has 2 atom stereocenters. The van der Waals surface area contributed by atoms with Crippen molar-refractivity contribution in [2.45, 2.75) is 45.3 Å². The molecule has 1 rings (SSSR count). The first-order valence-electron chi connectivity index (χ1n) is 6.78. The van der Waals surface area contributed by atoms with E-state index in [4.69, 9.17) is 20.6 Å². The Morgan fingerprint density at radius 1 is 1.40 bits per heavy atom. The second-order valence-electron chi connectivity index (χ2n) is 6.58. The second-order valence-corrected chi connectivity index (χ2v) is 10.4. The van der Waals surface area contributed by atoms with E-state index in [1.807, 2.05) is 11.8 Å². The first kappa shape index (κ1) is 18.8. The van der Waals surface area contributed by atoms with Crippen molar-refractivity contribution in [3.05, 3.63) is 0 Å². The van der Waals surface area contributed by atoms with E-state index in [-0.39, 0.29) is 22.0 Å². The zero-order chi connectivity index (χ0) is 15.6. The zero-order valence-electron chi connectivity index (χ0n) is 13.2. The summed E-state index contributed by atoms with van der Waals surface area (Å²) >= 11 is 7.76. The summed E-state index contributed by atoms with van der Waals surface area (Å²) in [6.07, 6.45) is 0.899. The fraction of sp³-hybridized carbons (Fsp3) is 1.00. The molecule has 4 nitrogen and oxygen atoms in total. The van der Waals surface area contributed by atoms with Crippen molar-refractivity contribution < 1.29 is 13.6 Å². The van der Waals surface area contributed by atoms with E-state index in [2.05, 4.69) is 33.0 Å². The molecule has 0 aliphatic carbocycles. The lowest BCUT2D eigenvalue weighted by molar-refractivity contribution is 0.191. The fourth-order valence-electron chi connectivity index (χ4n) is 2.42. The molecule has 0 amide bonds. The monoisotopic (exact) mass is 343 g/mol. The van der Waals surface area contributed by atoms with Gasteiger partial charge in [-0.2, -0.15) is 0 Å². The molecule has 0 unspecified atom stereocenters. The summed E-state index contributed by atoms with van der Waals surface area (Å²) in [6.45, 7) is 8.54. The van der Waals surface area contributed by atoms with E-state index >= 15 is 0 Å². The molecule has 120 valence electrons. The molecule has 0 saturated carbocycles. The minimum Gasteiger partial charge on any atom is -0.311 e. The summed E-state index contributed by atoms with van der Waals surface area (Å²) < 4.78 is 23.2. The first-order chi connectivity index (χ1) is 9.13. The Bertz CT molecular complexity index is 371. The maximum absolute atomic E-state index is 12.8. The average Bonchev–Trinajstić information content (AvgIpc) is 2.37. The summed E-state index contributed by atoms with van der Waals surface area (Å²) in [7, 11) is -0.267. The molecule has 1 aliphatic heterocycles. The molecule has 1 fully saturated rings. The predicted molar refractivity (Wildman–Crippen MR) is 87.7 cm³/mol. The van der Waals surface area contributed by atoms with Crippen molar-refractivity contribution in [1.29, 1.82) is 0 Å². The lowest BCUT2D eigenvalue weighted by Crippen LogP contribution is -2.56. The van der Waals surface area contributed by atoms with Gasteiger partial charge in [-0.25, -0.2) is 0 Å². The van der Waals surface area contributed by atoms with Crippen molar-refractivity contribution in [2.24, 2.45) is 10.8 Å². The van der Waals surface area contributed by atoms with Crippen LogP contribution in [0.4, 0.5) is 0 Å². The Hall–Kier alpha value is 0.750. The first-order valence-corrected chi connectivity index (χ1v) is 9.97. The third-order valence-electron chi connectivity index (χ3n) is 3.95. The van der Waals surface area contributed by atoms with Crippen molar-refractivity contribution in [3.8, 4) is 0 Å². The summed E-state index contributed by atoms with van der Waals surface area (Å²) in [4.78, 5) is 0. The van der Waals surface area contributed by atoms with Crippen molar-refractivity contribution in [1.82, 2.24) is 5.32 Å². The van der Waals surface area contributed by atoms with Gasteiger partial charge in [-0.15, -0.1) is 23.4 Å². The number of nitrogens with one attached hydrogen (secondary N) is 1. The molecule has 1 heterocycles. The highest BCUT2D eigenvalue weighted by atomic mass is 35.5. The van der Waals surface area contributed by atoms with Gasteiger partial charge < -0.3 is 9.05 Å². The molecule has 0 aromatic rings. The zero-order valence-corrected chi connectivity index (χ0v) is 15.7. The molecule has 1 N–H and O–H groups in total. The van der Waals surface area contributed by atoms with E-state index in [0.717, 1.165) is 12.2 Å². The predicted octanol–water partition coefficient (Wildman–Crippen LogP) is 4.14. The van der Waals surface area contributed by atoms with Gasteiger partial charge >= 0.3 is 7.60 Å². The van der Waals surface area contributed by atoms with Gasteiger partial charge in [0, 0.05) is 31.3 Å². The maximum atomic E-state index is 12.8. The average molecular weight is 344 g/mol. The molecule has 0 spiro atoms. The largest absolute Gasteiger partial charge is 0.347 e. The van der Waals surface area contributed by atoms with Gasteiger partial charge in [0.2, 0.25) is 0 Å². The van der Waals surface area contributed by atoms with Crippen LogP contribution in [0.1, 0.15) is 34.1 Å². The Kier molecular flexibility index (Phi) is 6.47. The molecule has 1 aliphatic rings. The number of hydrogen-bond donors (Lipinski definition) is 1. The summed E-state index contributed by atoms with van der Waals surface area (Å²) in [5.41, 5.74) is -0.146. The van der Waals surface area contributed by atoms with Crippen LogP contribution in [0.15, 0.2) is 0 Å². The standard InChI is InChI=1S/C13H27ClNO3PS/c1-12(2,7-8-14)11-15-10(13(3,4)9-20-11)19(16,17-5)18-6/h10-11,15H,7-9H2,1-6H3/t10-,11-/m0/s1. The smallest absolute Gasteiger partial charge is 0.311 e. The molecule has 0 bridgehead atoms. The maximum Gasteiger partial charge on any atom is 0.347 e. The highest BCUT2D eigenvalue weighted by molar-refractivity contribution is 8.00. The molecule has 7 heteroatoms. The summed E-state index contributed by atoms with van der Waals surface area (Å²) in [5, 5.41) is 3.68. The normalized spacial score (nSPS) is 27.6. The van der Waals surface area contributed by atoms with Crippen LogP contribution in [0.5, 0.6) is 0 Å². The number of hydrogen-bond acceptors (Lipinski definition) is 5. The van der Waals surface area contributed by atoms with E-state index in [1.54, 1.807) is 0 Å². The highest BCUT2D eigenvalue weighted by Crippen LogP contribution is 2.59. The topological polar surface area (TPSA) is 47.6 Å². The molecule has 1 saturated heterocycles. The van der Waals surface area contributed by atoms with E-state index in [1.165, 1.54) is 14.2 Å². The molecule has 0 aromatic carbocycles. The minimum absolute atomic E-state index is 0.0213. The van der Waals surface area contributed by atoms with Crippen LogP contribution in [-0.2, 0) is 13.6 Å². The lowest BCUT2D eigenvalue weighted by Gasteiger charge is -2.48. The number of halogens is 1. The van der Waals surface area contributed by atoms with Gasteiger partial charge in [-0.3, -0.25) is 9.88 Å². The molecular weight excluding hydrogens is 317 g/mol. The van der Waals surface area contributed by atoms with Crippen LogP contribution in [0.25, 0.3) is 0 Å². The van der Waals surface area contributed by atoms with Gasteiger partial charge in [0.05, 0.1) is 5.37 Å². The van der Waals surface area contributed by atoms with Gasteiger partial charge in [0.25, 0.3) is 0 Å².